The van der Waals surface area contributed by atoms with Crippen molar-refractivity contribution >= 4 is 34.0 Å². The Labute approximate surface area is 152 Å². The first-order valence-corrected chi connectivity index (χ1v) is 10.00. The minimum Gasteiger partial charge on any atom is -0.206 e. The van der Waals surface area contributed by atoms with Crippen LogP contribution in [0.2, 0.25) is 0 Å². The van der Waals surface area contributed by atoms with Crippen molar-refractivity contribution in [1.82, 2.24) is 15.0 Å². The summed E-state index contributed by atoms with van der Waals surface area (Å²) in [6.45, 7) is 6.30. The van der Waals surface area contributed by atoms with Gasteiger partial charge in [0.05, 0.1) is 14.6 Å². The second-order valence-corrected chi connectivity index (χ2v) is 9.40. The lowest BCUT2D eigenvalue weighted by atomic mass is 10.3. The minimum atomic E-state index is 0.755. The second-order valence-electron chi connectivity index (χ2n) is 5.54. The third-order valence-corrected chi connectivity index (χ3v) is 6.51. The molecule has 4 heterocycles. The number of rotatable bonds is 3. The number of hydrogen-bond acceptors (Lipinski definition) is 6. The smallest absolute Gasteiger partial charge is 0.174 e. The number of thiophene rings is 3. The molecule has 6 heteroatoms. The first kappa shape index (κ1) is 15.6. The minimum absolute atomic E-state index is 0.755. The zero-order valence-electron chi connectivity index (χ0n) is 13.5. The largest absolute Gasteiger partial charge is 0.206 e. The fourth-order valence-corrected chi connectivity index (χ4v) is 4.78. The monoisotopic (exact) mass is 369 g/mol. The highest BCUT2D eigenvalue weighted by atomic mass is 32.1. The molecule has 0 radical (unpaired) electrons. The lowest BCUT2D eigenvalue weighted by molar-refractivity contribution is 1.09. The predicted octanol–water partition coefficient (Wildman–Crippen LogP) is 5.98. The summed E-state index contributed by atoms with van der Waals surface area (Å²) in [6, 6.07) is 12.6. The molecule has 0 unspecified atom stereocenters. The number of aryl methyl sites for hydroxylation is 3. The van der Waals surface area contributed by atoms with E-state index in [0.717, 1.165) is 32.1 Å². The summed E-state index contributed by atoms with van der Waals surface area (Å²) in [5.41, 5.74) is 0. The lowest BCUT2D eigenvalue weighted by Crippen LogP contribution is -1.97. The van der Waals surface area contributed by atoms with Crippen LogP contribution < -0.4 is 0 Å². The highest BCUT2D eigenvalue weighted by Gasteiger charge is 2.15. The molecule has 0 aliphatic rings. The third kappa shape index (κ3) is 3.05. The summed E-state index contributed by atoms with van der Waals surface area (Å²) in [4.78, 5) is 21.2. The number of hydrogen-bond donors (Lipinski definition) is 0. The highest BCUT2D eigenvalue weighted by molar-refractivity contribution is 7.16. The van der Waals surface area contributed by atoms with Crippen molar-refractivity contribution in [3.63, 3.8) is 0 Å². The fourth-order valence-electron chi connectivity index (χ4n) is 2.37. The van der Waals surface area contributed by atoms with E-state index in [4.69, 9.17) is 15.0 Å². The van der Waals surface area contributed by atoms with Crippen LogP contribution in [0.1, 0.15) is 14.6 Å². The summed E-state index contributed by atoms with van der Waals surface area (Å²) < 4.78 is 0. The van der Waals surface area contributed by atoms with Gasteiger partial charge in [0.25, 0.3) is 0 Å². The molecule has 0 aromatic carbocycles. The molecule has 0 aliphatic carbocycles. The molecule has 120 valence electrons. The molecule has 0 spiro atoms. The van der Waals surface area contributed by atoms with E-state index in [2.05, 4.69) is 57.2 Å². The van der Waals surface area contributed by atoms with Gasteiger partial charge in [-0.15, -0.1) is 34.0 Å². The number of nitrogens with zero attached hydrogens (tertiary/aromatic N) is 3. The van der Waals surface area contributed by atoms with Gasteiger partial charge in [-0.2, -0.15) is 0 Å². The van der Waals surface area contributed by atoms with Gasteiger partial charge >= 0.3 is 0 Å². The van der Waals surface area contributed by atoms with Crippen LogP contribution in [-0.2, 0) is 0 Å². The summed E-state index contributed by atoms with van der Waals surface area (Å²) >= 11 is 5.14. The lowest BCUT2D eigenvalue weighted by Gasteiger charge is -2.04. The van der Waals surface area contributed by atoms with Crippen molar-refractivity contribution in [1.29, 1.82) is 0 Å². The zero-order valence-corrected chi connectivity index (χ0v) is 16.0. The molecule has 24 heavy (non-hydrogen) atoms. The van der Waals surface area contributed by atoms with Crippen molar-refractivity contribution < 1.29 is 0 Å². The Morgan fingerprint density at radius 2 is 0.792 bits per heavy atom. The van der Waals surface area contributed by atoms with Crippen LogP contribution in [0.4, 0.5) is 0 Å². The van der Waals surface area contributed by atoms with Gasteiger partial charge in [-0.3, -0.25) is 0 Å². The van der Waals surface area contributed by atoms with Gasteiger partial charge in [-0.1, -0.05) is 0 Å². The van der Waals surface area contributed by atoms with E-state index in [1.54, 1.807) is 34.0 Å². The van der Waals surface area contributed by atoms with Crippen LogP contribution >= 0.6 is 34.0 Å². The van der Waals surface area contributed by atoms with E-state index in [1.807, 2.05) is 0 Å². The summed E-state index contributed by atoms with van der Waals surface area (Å²) in [6.07, 6.45) is 0. The Bertz CT molecular complexity index is 869. The van der Waals surface area contributed by atoms with Crippen molar-refractivity contribution in [3.05, 3.63) is 51.0 Å². The Morgan fingerprint density at radius 3 is 1.00 bits per heavy atom. The molecule has 0 saturated carbocycles. The van der Waals surface area contributed by atoms with E-state index < -0.39 is 0 Å². The molecule has 0 amide bonds. The Morgan fingerprint density at radius 1 is 0.500 bits per heavy atom. The first-order chi connectivity index (χ1) is 11.6. The van der Waals surface area contributed by atoms with Crippen molar-refractivity contribution in [2.24, 2.45) is 0 Å². The summed E-state index contributed by atoms with van der Waals surface area (Å²) in [7, 11) is 0. The topological polar surface area (TPSA) is 38.7 Å². The quantitative estimate of drug-likeness (QED) is 0.446. The molecule has 4 rings (SSSR count). The first-order valence-electron chi connectivity index (χ1n) is 7.55. The van der Waals surface area contributed by atoms with E-state index >= 15 is 0 Å². The standard InChI is InChI=1S/C18H15N3S3/c1-10-4-7-13(22-10)16-19-17(14-8-5-11(2)23-14)21-18(20-16)15-9-6-12(3)24-15/h4-9H,1-3H3. The number of aromatic nitrogens is 3. The van der Waals surface area contributed by atoms with Crippen LogP contribution in [0.5, 0.6) is 0 Å². The van der Waals surface area contributed by atoms with Crippen molar-refractivity contribution in [2.45, 2.75) is 20.8 Å². The average Bonchev–Trinajstić information content (AvgIpc) is 3.28. The molecule has 3 nitrogen and oxygen atoms in total. The summed E-state index contributed by atoms with van der Waals surface area (Å²) in [5.74, 6) is 2.26. The Kier molecular flexibility index (Phi) is 4.04. The molecule has 4 aromatic heterocycles. The molecule has 0 saturated heterocycles. The zero-order chi connectivity index (χ0) is 16.7. The Balaban J connectivity index is 1.90. The van der Waals surface area contributed by atoms with Crippen LogP contribution in [0.3, 0.4) is 0 Å². The van der Waals surface area contributed by atoms with Gasteiger partial charge in [-0.05, 0) is 57.2 Å². The maximum atomic E-state index is 4.74. The van der Waals surface area contributed by atoms with Crippen LogP contribution in [-0.4, -0.2) is 15.0 Å². The third-order valence-electron chi connectivity index (χ3n) is 3.52. The van der Waals surface area contributed by atoms with E-state index in [9.17, 15) is 0 Å². The molecule has 0 fully saturated rings. The molecule has 0 bridgehead atoms. The maximum absolute atomic E-state index is 4.74. The summed E-state index contributed by atoms with van der Waals surface area (Å²) in [5, 5.41) is 0. The molecular weight excluding hydrogens is 354 g/mol. The predicted molar refractivity (Wildman–Crippen MR) is 104 cm³/mol. The average molecular weight is 370 g/mol. The highest BCUT2D eigenvalue weighted by Crippen LogP contribution is 2.32. The van der Waals surface area contributed by atoms with Gasteiger partial charge in [0, 0.05) is 14.6 Å². The van der Waals surface area contributed by atoms with Crippen LogP contribution in [0.15, 0.2) is 36.4 Å². The molecule has 4 aromatic rings. The van der Waals surface area contributed by atoms with Gasteiger partial charge < -0.3 is 0 Å². The van der Waals surface area contributed by atoms with E-state index in [1.165, 1.54) is 14.6 Å². The SMILES string of the molecule is Cc1ccc(-c2nc(-c3ccc(C)s3)nc(-c3ccc(C)s3)n2)s1. The van der Waals surface area contributed by atoms with E-state index in [-0.39, 0.29) is 0 Å². The van der Waals surface area contributed by atoms with Gasteiger partial charge in [0.15, 0.2) is 17.5 Å². The van der Waals surface area contributed by atoms with Crippen LogP contribution in [0.25, 0.3) is 32.1 Å². The van der Waals surface area contributed by atoms with Crippen LogP contribution in [0, 0.1) is 20.8 Å². The molecular formula is C18H15N3S3. The molecule has 0 atom stereocenters. The van der Waals surface area contributed by atoms with Gasteiger partial charge in [-0.25, -0.2) is 15.0 Å². The molecule has 0 N–H and O–H groups in total. The van der Waals surface area contributed by atoms with E-state index in [0.29, 0.717) is 0 Å². The van der Waals surface area contributed by atoms with Gasteiger partial charge in [0.2, 0.25) is 0 Å². The van der Waals surface area contributed by atoms with Gasteiger partial charge in [0.1, 0.15) is 0 Å². The maximum Gasteiger partial charge on any atom is 0.174 e. The van der Waals surface area contributed by atoms with Crippen molar-refractivity contribution in [3.8, 4) is 32.1 Å². The fraction of sp³-hybridized carbons (Fsp3) is 0.167. The second kappa shape index (κ2) is 6.20. The Hall–Kier alpha value is -1.89. The molecule has 0 aliphatic heterocycles. The normalized spacial score (nSPS) is 11.1. The van der Waals surface area contributed by atoms with Crippen molar-refractivity contribution in [2.75, 3.05) is 0 Å².